The lowest BCUT2D eigenvalue weighted by Gasteiger charge is -2.38. The third-order valence-electron chi connectivity index (χ3n) is 3.73. The van der Waals surface area contributed by atoms with E-state index < -0.39 is 13.2 Å². The molecule has 6 heteroatoms. The second kappa shape index (κ2) is 5.93. The van der Waals surface area contributed by atoms with Gasteiger partial charge >= 0.3 is 0 Å². The third kappa shape index (κ3) is 4.31. The van der Waals surface area contributed by atoms with Gasteiger partial charge in [0.1, 0.15) is 6.23 Å². The van der Waals surface area contributed by atoms with E-state index in [0.29, 0.717) is 0 Å². The van der Waals surface area contributed by atoms with Gasteiger partial charge in [-0.1, -0.05) is 20.8 Å². The van der Waals surface area contributed by atoms with Crippen LogP contribution >= 0.6 is 0 Å². The molecule has 0 aliphatic rings. The number of benzene rings is 1. The van der Waals surface area contributed by atoms with Crippen LogP contribution in [-0.4, -0.2) is 19.5 Å². The highest BCUT2D eigenvalue weighted by molar-refractivity contribution is 6.74. The Morgan fingerprint density at radius 2 is 1.75 bits per heavy atom. The van der Waals surface area contributed by atoms with E-state index in [1.165, 1.54) is 12.1 Å². The standard InChI is InChI=1S/C14H24N2O3Si/c1-11(19-20(5,6)14(2,3)4)15-12-7-9-13(10-8-12)16(17)18/h7-11,15H,1-6H3. The summed E-state index contributed by atoms with van der Waals surface area (Å²) >= 11 is 0. The molecule has 1 aromatic rings. The van der Waals surface area contributed by atoms with Crippen LogP contribution in [0.5, 0.6) is 0 Å². The van der Waals surface area contributed by atoms with Gasteiger partial charge in [-0.05, 0) is 37.2 Å². The summed E-state index contributed by atoms with van der Waals surface area (Å²) < 4.78 is 6.18. The largest absolute Gasteiger partial charge is 0.398 e. The third-order valence-corrected chi connectivity index (χ3v) is 8.28. The first-order chi connectivity index (χ1) is 9.03. The zero-order chi connectivity index (χ0) is 15.6. The van der Waals surface area contributed by atoms with Gasteiger partial charge in [0.25, 0.3) is 5.69 Å². The Kier molecular flexibility index (Phi) is 4.93. The van der Waals surface area contributed by atoms with Crippen LogP contribution in [0.25, 0.3) is 0 Å². The Bertz CT molecular complexity index is 466. The van der Waals surface area contributed by atoms with Crippen molar-refractivity contribution < 1.29 is 9.35 Å². The highest BCUT2D eigenvalue weighted by atomic mass is 28.4. The SMILES string of the molecule is CC(Nc1ccc([N+](=O)[O-])cc1)O[Si](C)(C)C(C)(C)C. The quantitative estimate of drug-likeness (QED) is 0.379. The number of rotatable bonds is 5. The first-order valence-corrected chi connectivity index (χ1v) is 9.62. The molecule has 112 valence electrons. The number of nitrogens with one attached hydrogen (secondary N) is 1. The molecular weight excluding hydrogens is 272 g/mol. The molecule has 5 nitrogen and oxygen atoms in total. The molecule has 1 atom stereocenters. The van der Waals surface area contributed by atoms with E-state index in [1.54, 1.807) is 12.1 Å². The average molecular weight is 296 g/mol. The predicted octanol–water partition coefficient (Wildman–Crippen LogP) is 4.37. The van der Waals surface area contributed by atoms with Gasteiger partial charge in [-0.25, -0.2) is 0 Å². The minimum atomic E-state index is -1.82. The van der Waals surface area contributed by atoms with E-state index in [-0.39, 0.29) is 17.0 Å². The number of nitro groups is 1. The fourth-order valence-corrected chi connectivity index (χ4v) is 2.86. The van der Waals surface area contributed by atoms with E-state index in [9.17, 15) is 10.1 Å². The molecule has 1 aromatic carbocycles. The lowest BCUT2D eigenvalue weighted by atomic mass is 10.2. The van der Waals surface area contributed by atoms with Gasteiger partial charge in [0.2, 0.25) is 0 Å². The summed E-state index contributed by atoms with van der Waals surface area (Å²) in [5.74, 6) is 0. The molecule has 20 heavy (non-hydrogen) atoms. The van der Waals surface area contributed by atoms with Crippen molar-refractivity contribution in [2.75, 3.05) is 5.32 Å². The Hall–Kier alpha value is -1.40. The molecule has 0 bridgehead atoms. The molecule has 1 unspecified atom stereocenters. The first kappa shape index (κ1) is 16.7. The monoisotopic (exact) mass is 296 g/mol. The number of hydrogen-bond donors (Lipinski definition) is 1. The van der Waals surface area contributed by atoms with Gasteiger partial charge in [0, 0.05) is 17.8 Å². The summed E-state index contributed by atoms with van der Waals surface area (Å²) in [6.45, 7) is 12.9. The van der Waals surface area contributed by atoms with Crippen molar-refractivity contribution >= 4 is 19.7 Å². The molecule has 0 aliphatic heterocycles. The minimum Gasteiger partial charge on any atom is -0.398 e. The van der Waals surface area contributed by atoms with Crippen molar-refractivity contribution in [3.63, 3.8) is 0 Å². The van der Waals surface area contributed by atoms with E-state index >= 15 is 0 Å². The normalized spacial score (nSPS) is 13.9. The van der Waals surface area contributed by atoms with Gasteiger partial charge in [-0.2, -0.15) is 0 Å². The maximum absolute atomic E-state index is 10.6. The molecule has 0 saturated heterocycles. The summed E-state index contributed by atoms with van der Waals surface area (Å²) in [5, 5.41) is 14.0. The predicted molar refractivity (Wildman–Crippen MR) is 84.5 cm³/mol. The Morgan fingerprint density at radius 1 is 1.25 bits per heavy atom. The molecule has 0 amide bonds. The van der Waals surface area contributed by atoms with Crippen LogP contribution < -0.4 is 5.32 Å². The van der Waals surface area contributed by atoms with E-state index in [1.807, 2.05) is 6.92 Å². The van der Waals surface area contributed by atoms with Gasteiger partial charge in [0.15, 0.2) is 8.32 Å². The number of anilines is 1. The van der Waals surface area contributed by atoms with Crippen LogP contribution in [0.4, 0.5) is 11.4 Å². The van der Waals surface area contributed by atoms with Crippen molar-refractivity contribution in [3.05, 3.63) is 34.4 Å². The molecule has 0 aromatic heterocycles. The summed E-state index contributed by atoms with van der Waals surface area (Å²) in [6.07, 6.45) is -0.127. The Labute approximate surface area is 121 Å². The van der Waals surface area contributed by atoms with Crippen LogP contribution in [0.1, 0.15) is 27.7 Å². The fourth-order valence-electron chi connectivity index (χ4n) is 1.56. The van der Waals surface area contributed by atoms with Gasteiger partial charge in [-0.15, -0.1) is 0 Å². The Morgan fingerprint density at radius 3 is 2.15 bits per heavy atom. The molecule has 1 N–H and O–H groups in total. The van der Waals surface area contributed by atoms with E-state index in [4.69, 9.17) is 4.43 Å². The lowest BCUT2D eigenvalue weighted by molar-refractivity contribution is -0.384. The summed E-state index contributed by atoms with van der Waals surface area (Å²) in [6, 6.07) is 6.37. The average Bonchev–Trinajstić information content (AvgIpc) is 2.27. The molecule has 1 rings (SSSR count). The minimum absolute atomic E-state index is 0.0912. The van der Waals surface area contributed by atoms with Crippen molar-refractivity contribution in [1.29, 1.82) is 0 Å². The van der Waals surface area contributed by atoms with E-state index in [0.717, 1.165) is 5.69 Å². The van der Waals surface area contributed by atoms with Crippen molar-refractivity contribution in [2.24, 2.45) is 0 Å². The summed E-state index contributed by atoms with van der Waals surface area (Å²) in [7, 11) is -1.82. The molecule has 0 spiro atoms. The number of nitro benzene ring substituents is 1. The zero-order valence-electron chi connectivity index (χ0n) is 13.1. The molecular formula is C14H24N2O3Si. The molecule has 0 aliphatic carbocycles. The van der Waals surface area contributed by atoms with Crippen LogP contribution in [-0.2, 0) is 4.43 Å². The lowest BCUT2D eigenvalue weighted by Crippen LogP contribution is -2.45. The fraction of sp³-hybridized carbons (Fsp3) is 0.571. The second-order valence-corrected chi connectivity index (χ2v) is 11.2. The summed E-state index contributed by atoms with van der Waals surface area (Å²) in [4.78, 5) is 10.2. The smallest absolute Gasteiger partial charge is 0.269 e. The molecule has 0 heterocycles. The van der Waals surface area contributed by atoms with Crippen LogP contribution in [0, 0.1) is 10.1 Å². The highest BCUT2D eigenvalue weighted by Crippen LogP contribution is 2.37. The molecule has 0 fully saturated rings. The topological polar surface area (TPSA) is 64.4 Å². The summed E-state index contributed by atoms with van der Waals surface area (Å²) in [5.41, 5.74) is 0.912. The van der Waals surface area contributed by atoms with Crippen molar-refractivity contribution in [2.45, 2.75) is 52.1 Å². The number of hydrogen-bond acceptors (Lipinski definition) is 4. The Balaban J connectivity index is 2.67. The second-order valence-electron chi connectivity index (χ2n) is 6.47. The molecule has 0 saturated carbocycles. The highest BCUT2D eigenvalue weighted by Gasteiger charge is 2.38. The van der Waals surface area contributed by atoms with Crippen molar-refractivity contribution in [3.8, 4) is 0 Å². The van der Waals surface area contributed by atoms with Gasteiger partial charge in [-0.3, -0.25) is 10.1 Å². The maximum atomic E-state index is 10.6. The van der Waals surface area contributed by atoms with E-state index in [2.05, 4.69) is 39.2 Å². The number of nitrogens with zero attached hydrogens (tertiary/aromatic N) is 1. The van der Waals surface area contributed by atoms with Crippen LogP contribution in [0.2, 0.25) is 18.1 Å². The van der Waals surface area contributed by atoms with Gasteiger partial charge in [0.05, 0.1) is 4.92 Å². The first-order valence-electron chi connectivity index (χ1n) is 6.72. The maximum Gasteiger partial charge on any atom is 0.269 e. The molecule has 0 radical (unpaired) electrons. The van der Waals surface area contributed by atoms with Crippen molar-refractivity contribution in [1.82, 2.24) is 0 Å². The van der Waals surface area contributed by atoms with Gasteiger partial charge < -0.3 is 9.74 Å². The van der Waals surface area contributed by atoms with Crippen LogP contribution in [0.15, 0.2) is 24.3 Å². The zero-order valence-corrected chi connectivity index (χ0v) is 14.1. The van der Waals surface area contributed by atoms with Crippen LogP contribution in [0.3, 0.4) is 0 Å². The number of non-ortho nitro benzene ring substituents is 1.